The highest BCUT2D eigenvalue weighted by Crippen LogP contribution is 2.36. The van der Waals surface area contributed by atoms with E-state index < -0.39 is 0 Å². The van der Waals surface area contributed by atoms with Gasteiger partial charge in [-0.25, -0.2) is 0 Å². The number of hydrogen-bond donors (Lipinski definition) is 1. The summed E-state index contributed by atoms with van der Waals surface area (Å²) < 4.78 is 0. The molecule has 2 aromatic rings. The fourth-order valence-electron chi connectivity index (χ4n) is 3.15. The molecule has 0 atom stereocenters. The molecule has 1 aromatic heterocycles. The first kappa shape index (κ1) is 14.9. The van der Waals surface area contributed by atoms with Gasteiger partial charge in [-0.1, -0.05) is 0 Å². The summed E-state index contributed by atoms with van der Waals surface area (Å²) >= 11 is 0. The van der Waals surface area contributed by atoms with Gasteiger partial charge in [0.1, 0.15) is 0 Å². The molecule has 1 aliphatic carbocycles. The van der Waals surface area contributed by atoms with Crippen molar-refractivity contribution < 1.29 is 9.59 Å². The number of nitrogens with one attached hydrogen (secondary N) is 1. The van der Waals surface area contributed by atoms with Gasteiger partial charge in [0.15, 0.2) is 0 Å². The van der Waals surface area contributed by atoms with Gasteiger partial charge in [0, 0.05) is 36.2 Å². The number of hydrogen-bond acceptors (Lipinski definition) is 3. The minimum atomic E-state index is -0.176. The summed E-state index contributed by atoms with van der Waals surface area (Å²) in [5.41, 5.74) is 3.40. The highest BCUT2D eigenvalue weighted by molar-refractivity contribution is 6.04. The van der Waals surface area contributed by atoms with Crippen molar-refractivity contribution in [2.75, 3.05) is 16.8 Å². The zero-order valence-corrected chi connectivity index (χ0v) is 13.4. The molecule has 1 N–H and O–H groups in total. The summed E-state index contributed by atoms with van der Waals surface area (Å²) in [5, 5.41) is 2.91. The van der Waals surface area contributed by atoms with E-state index in [4.69, 9.17) is 0 Å². The van der Waals surface area contributed by atoms with Gasteiger partial charge < -0.3 is 10.2 Å². The Morgan fingerprint density at radius 1 is 1.21 bits per heavy atom. The predicted molar refractivity (Wildman–Crippen MR) is 92.0 cm³/mol. The van der Waals surface area contributed by atoms with Crippen LogP contribution in [0.5, 0.6) is 0 Å². The third kappa shape index (κ3) is 2.89. The largest absolute Gasteiger partial charge is 0.322 e. The van der Waals surface area contributed by atoms with E-state index in [-0.39, 0.29) is 17.7 Å². The summed E-state index contributed by atoms with van der Waals surface area (Å²) in [5.74, 6) is 0.300. The second-order valence-electron chi connectivity index (χ2n) is 6.41. The van der Waals surface area contributed by atoms with E-state index in [1.807, 2.05) is 23.1 Å². The van der Waals surface area contributed by atoms with Gasteiger partial charge in [0.2, 0.25) is 5.91 Å². The van der Waals surface area contributed by atoms with Crippen molar-refractivity contribution in [3.63, 3.8) is 0 Å². The Balaban J connectivity index is 1.55. The number of anilines is 2. The topological polar surface area (TPSA) is 62.3 Å². The molecular weight excluding hydrogens is 302 g/mol. The van der Waals surface area contributed by atoms with Crippen molar-refractivity contribution in [3.8, 4) is 0 Å². The van der Waals surface area contributed by atoms with Crippen LogP contribution >= 0.6 is 0 Å². The molecular formula is C19H19N3O2. The van der Waals surface area contributed by atoms with Crippen LogP contribution in [-0.2, 0) is 11.2 Å². The van der Waals surface area contributed by atoms with Gasteiger partial charge in [-0.2, -0.15) is 0 Å². The van der Waals surface area contributed by atoms with Gasteiger partial charge in [-0.15, -0.1) is 0 Å². The fourth-order valence-corrected chi connectivity index (χ4v) is 3.15. The first-order chi connectivity index (χ1) is 11.7. The lowest BCUT2D eigenvalue weighted by atomic mass is 10.0. The summed E-state index contributed by atoms with van der Waals surface area (Å²) in [6, 6.07) is 9.27. The third-order valence-corrected chi connectivity index (χ3v) is 4.57. The van der Waals surface area contributed by atoms with Gasteiger partial charge in [0.05, 0.1) is 5.56 Å². The molecule has 0 saturated heterocycles. The number of nitrogens with zero attached hydrogens (tertiary/aromatic N) is 2. The molecule has 0 bridgehead atoms. The Labute approximate surface area is 140 Å². The Bertz CT molecular complexity index is 784. The van der Waals surface area contributed by atoms with Gasteiger partial charge >= 0.3 is 0 Å². The first-order valence-electron chi connectivity index (χ1n) is 8.38. The second-order valence-corrected chi connectivity index (χ2v) is 6.41. The number of amides is 2. The molecule has 4 rings (SSSR count). The molecule has 5 heteroatoms. The van der Waals surface area contributed by atoms with Gasteiger partial charge in [-0.05, 0) is 61.6 Å². The number of aryl methyl sites for hydroxylation is 1. The standard InChI is InChI=1S/C19H19N3O2/c23-18(15-3-1-9-20-12-15)21-16-7-8-17-14(11-16)4-2-10-22(17)19(24)13-5-6-13/h1,3,7-9,11-13H,2,4-6,10H2,(H,21,23). The highest BCUT2D eigenvalue weighted by atomic mass is 16.2. The fraction of sp³-hybridized carbons (Fsp3) is 0.316. The lowest BCUT2D eigenvalue weighted by molar-refractivity contribution is -0.119. The Morgan fingerprint density at radius 3 is 2.83 bits per heavy atom. The molecule has 1 aromatic carbocycles. The third-order valence-electron chi connectivity index (χ3n) is 4.57. The minimum absolute atomic E-state index is 0.176. The minimum Gasteiger partial charge on any atom is -0.322 e. The molecule has 122 valence electrons. The average Bonchev–Trinajstić information content (AvgIpc) is 3.46. The zero-order chi connectivity index (χ0) is 16.5. The van der Waals surface area contributed by atoms with E-state index >= 15 is 0 Å². The molecule has 24 heavy (non-hydrogen) atoms. The number of aromatic nitrogens is 1. The summed E-state index contributed by atoms with van der Waals surface area (Å²) in [6.45, 7) is 0.795. The van der Waals surface area contributed by atoms with Gasteiger partial charge in [0.25, 0.3) is 5.91 Å². The molecule has 0 unspecified atom stereocenters. The zero-order valence-electron chi connectivity index (χ0n) is 13.4. The van der Waals surface area contributed by atoms with Crippen LogP contribution in [0.15, 0.2) is 42.7 Å². The van der Waals surface area contributed by atoms with Crippen LogP contribution in [0.1, 0.15) is 35.2 Å². The quantitative estimate of drug-likeness (QED) is 0.945. The second kappa shape index (κ2) is 6.07. The van der Waals surface area contributed by atoms with Crippen LogP contribution in [0, 0.1) is 5.92 Å². The Morgan fingerprint density at radius 2 is 2.08 bits per heavy atom. The number of fused-ring (bicyclic) bond motifs is 1. The van der Waals surface area contributed by atoms with Crippen LogP contribution in [0.2, 0.25) is 0 Å². The number of carbonyl (C=O) groups excluding carboxylic acids is 2. The van der Waals surface area contributed by atoms with Crippen molar-refractivity contribution in [3.05, 3.63) is 53.9 Å². The van der Waals surface area contributed by atoms with E-state index in [9.17, 15) is 9.59 Å². The maximum atomic E-state index is 12.4. The van der Waals surface area contributed by atoms with Crippen molar-refractivity contribution in [2.45, 2.75) is 25.7 Å². The summed E-state index contributed by atoms with van der Waals surface area (Å²) in [6.07, 6.45) is 7.12. The van der Waals surface area contributed by atoms with Crippen LogP contribution in [0.3, 0.4) is 0 Å². The number of benzene rings is 1. The maximum Gasteiger partial charge on any atom is 0.257 e. The smallest absolute Gasteiger partial charge is 0.257 e. The van der Waals surface area contributed by atoms with Gasteiger partial charge in [-0.3, -0.25) is 14.6 Å². The molecule has 1 aliphatic heterocycles. The number of pyridine rings is 1. The van der Waals surface area contributed by atoms with Crippen LogP contribution in [0.25, 0.3) is 0 Å². The SMILES string of the molecule is O=C(Nc1ccc2c(c1)CCCN2C(=O)C1CC1)c1cccnc1. The number of carbonyl (C=O) groups is 2. The van der Waals surface area contributed by atoms with Crippen LogP contribution < -0.4 is 10.2 Å². The summed E-state index contributed by atoms with van der Waals surface area (Å²) in [7, 11) is 0. The molecule has 5 nitrogen and oxygen atoms in total. The molecule has 2 aliphatic rings. The lowest BCUT2D eigenvalue weighted by Crippen LogP contribution is -2.36. The van der Waals surface area contributed by atoms with E-state index in [0.29, 0.717) is 5.56 Å². The van der Waals surface area contributed by atoms with E-state index in [1.165, 1.54) is 0 Å². The number of rotatable bonds is 3. The predicted octanol–water partition coefficient (Wildman–Crippen LogP) is 3.02. The summed E-state index contributed by atoms with van der Waals surface area (Å²) in [4.78, 5) is 30.5. The van der Waals surface area contributed by atoms with E-state index in [1.54, 1.807) is 24.5 Å². The molecule has 0 radical (unpaired) electrons. The normalized spacial score (nSPS) is 16.4. The highest BCUT2D eigenvalue weighted by Gasteiger charge is 2.35. The van der Waals surface area contributed by atoms with E-state index in [0.717, 1.165) is 49.2 Å². The van der Waals surface area contributed by atoms with E-state index in [2.05, 4.69) is 10.3 Å². The van der Waals surface area contributed by atoms with Crippen molar-refractivity contribution in [1.29, 1.82) is 0 Å². The lowest BCUT2D eigenvalue weighted by Gasteiger charge is -2.30. The van der Waals surface area contributed by atoms with Crippen LogP contribution in [-0.4, -0.2) is 23.3 Å². The average molecular weight is 321 g/mol. The maximum absolute atomic E-state index is 12.4. The monoisotopic (exact) mass is 321 g/mol. The van der Waals surface area contributed by atoms with Crippen molar-refractivity contribution in [2.24, 2.45) is 5.92 Å². The molecule has 0 spiro atoms. The van der Waals surface area contributed by atoms with Crippen LogP contribution in [0.4, 0.5) is 11.4 Å². The molecule has 1 saturated carbocycles. The molecule has 2 heterocycles. The van der Waals surface area contributed by atoms with Crippen molar-refractivity contribution in [1.82, 2.24) is 4.98 Å². The molecule has 2 amide bonds. The Hall–Kier alpha value is -2.69. The first-order valence-corrected chi connectivity index (χ1v) is 8.38. The Kier molecular flexibility index (Phi) is 3.76. The molecule has 1 fully saturated rings. The van der Waals surface area contributed by atoms with Crippen molar-refractivity contribution >= 4 is 23.2 Å².